The first kappa shape index (κ1) is 15.0. The van der Waals surface area contributed by atoms with Crippen molar-refractivity contribution in [3.8, 4) is 5.75 Å². The van der Waals surface area contributed by atoms with Crippen molar-refractivity contribution in [1.29, 1.82) is 0 Å². The van der Waals surface area contributed by atoms with Gasteiger partial charge in [-0.05, 0) is 24.8 Å². The molecule has 0 atom stereocenters. The molecule has 3 N–H and O–H groups in total. The summed E-state index contributed by atoms with van der Waals surface area (Å²) < 4.78 is 11.0. The van der Waals surface area contributed by atoms with Gasteiger partial charge in [0.1, 0.15) is 5.75 Å². The summed E-state index contributed by atoms with van der Waals surface area (Å²) in [6.45, 7) is 1.88. The minimum Gasteiger partial charge on any atom is -0.493 e. The molecule has 114 valence electrons. The van der Waals surface area contributed by atoms with Crippen molar-refractivity contribution in [3.63, 3.8) is 0 Å². The van der Waals surface area contributed by atoms with Crippen LogP contribution in [0, 0.1) is 16.0 Å². The van der Waals surface area contributed by atoms with E-state index >= 15 is 0 Å². The van der Waals surface area contributed by atoms with Gasteiger partial charge in [-0.1, -0.05) is 5.16 Å². The fourth-order valence-electron chi connectivity index (χ4n) is 2.13. The van der Waals surface area contributed by atoms with E-state index in [1.165, 1.54) is 18.2 Å². The maximum absolute atomic E-state index is 10.8. The third-order valence-electron chi connectivity index (χ3n) is 3.37. The first-order valence-corrected chi connectivity index (χ1v) is 6.58. The van der Waals surface area contributed by atoms with Gasteiger partial charge in [0.2, 0.25) is 0 Å². The van der Waals surface area contributed by atoms with Gasteiger partial charge in [0.15, 0.2) is 5.84 Å². The molecule has 8 nitrogen and oxygen atoms in total. The molecular weight excluding hydrogens is 278 g/mol. The van der Waals surface area contributed by atoms with Crippen molar-refractivity contribution in [3.05, 3.63) is 33.9 Å². The lowest BCUT2D eigenvalue weighted by molar-refractivity contribution is -0.384. The number of nitro benzene ring substituents is 1. The van der Waals surface area contributed by atoms with Crippen LogP contribution in [0.5, 0.6) is 5.75 Å². The van der Waals surface area contributed by atoms with Crippen LogP contribution in [0.25, 0.3) is 0 Å². The fraction of sp³-hybridized carbons (Fsp3) is 0.462. The van der Waals surface area contributed by atoms with Gasteiger partial charge in [-0.3, -0.25) is 10.1 Å². The quantitative estimate of drug-likeness (QED) is 0.279. The van der Waals surface area contributed by atoms with E-state index in [1.807, 2.05) is 0 Å². The van der Waals surface area contributed by atoms with E-state index in [0.29, 0.717) is 31.5 Å². The molecule has 8 heteroatoms. The second-order valence-corrected chi connectivity index (χ2v) is 4.79. The van der Waals surface area contributed by atoms with E-state index in [4.69, 9.17) is 20.4 Å². The van der Waals surface area contributed by atoms with Crippen LogP contribution < -0.4 is 10.5 Å². The van der Waals surface area contributed by atoms with Gasteiger partial charge in [-0.2, -0.15) is 0 Å². The summed E-state index contributed by atoms with van der Waals surface area (Å²) in [4.78, 5) is 10.2. The number of rotatable bonds is 5. The zero-order valence-corrected chi connectivity index (χ0v) is 11.4. The number of oxime groups is 1. The molecule has 0 bridgehead atoms. The van der Waals surface area contributed by atoms with Crippen molar-refractivity contribution in [2.75, 3.05) is 19.8 Å². The summed E-state index contributed by atoms with van der Waals surface area (Å²) in [5.41, 5.74) is 5.61. The van der Waals surface area contributed by atoms with Gasteiger partial charge < -0.3 is 20.4 Å². The number of benzene rings is 1. The summed E-state index contributed by atoms with van der Waals surface area (Å²) in [5, 5.41) is 22.5. The zero-order chi connectivity index (χ0) is 15.2. The van der Waals surface area contributed by atoms with E-state index < -0.39 is 4.92 Å². The van der Waals surface area contributed by atoms with Gasteiger partial charge >= 0.3 is 0 Å². The number of hydrogen-bond acceptors (Lipinski definition) is 6. The Morgan fingerprint density at radius 3 is 2.86 bits per heavy atom. The van der Waals surface area contributed by atoms with Crippen LogP contribution in [0.2, 0.25) is 0 Å². The highest BCUT2D eigenvalue weighted by Crippen LogP contribution is 2.25. The monoisotopic (exact) mass is 295 g/mol. The second-order valence-electron chi connectivity index (χ2n) is 4.79. The predicted octanol–water partition coefficient (Wildman–Crippen LogP) is 1.49. The summed E-state index contributed by atoms with van der Waals surface area (Å²) in [6.07, 6.45) is 1.82. The molecule has 21 heavy (non-hydrogen) atoms. The Hall–Kier alpha value is -2.35. The number of nitrogens with two attached hydrogens (primary N) is 1. The molecule has 0 saturated carbocycles. The average molecular weight is 295 g/mol. The highest BCUT2D eigenvalue weighted by atomic mass is 16.6. The van der Waals surface area contributed by atoms with Crippen molar-refractivity contribution in [2.24, 2.45) is 16.8 Å². The first-order chi connectivity index (χ1) is 10.1. The van der Waals surface area contributed by atoms with E-state index in [9.17, 15) is 10.1 Å². The number of non-ortho nitro benzene ring substituents is 1. The molecule has 0 aliphatic carbocycles. The number of ether oxygens (including phenoxy) is 2. The Bertz CT molecular complexity index is 541. The molecule has 2 rings (SSSR count). The smallest absolute Gasteiger partial charge is 0.270 e. The normalized spacial score (nSPS) is 16.7. The third kappa shape index (κ3) is 3.82. The number of nitrogens with zero attached hydrogens (tertiary/aromatic N) is 2. The van der Waals surface area contributed by atoms with E-state index in [1.54, 1.807) is 0 Å². The Kier molecular flexibility index (Phi) is 4.94. The molecule has 0 spiro atoms. The molecule has 1 aromatic carbocycles. The molecule has 1 aliphatic heterocycles. The Balaban J connectivity index is 2.15. The van der Waals surface area contributed by atoms with Gasteiger partial charge in [-0.25, -0.2) is 0 Å². The standard InChI is InChI=1S/C13H17N3O5/c14-13(15-17)11-7-10(16(18)19)1-2-12(11)21-8-9-3-5-20-6-4-9/h1-2,7,9,17H,3-6,8H2,(H2,14,15). The fourth-order valence-corrected chi connectivity index (χ4v) is 2.13. The SMILES string of the molecule is NC(=NO)c1cc([N+](=O)[O-])ccc1OCC1CCOCC1. The highest BCUT2D eigenvalue weighted by molar-refractivity contribution is 6.00. The van der Waals surface area contributed by atoms with Crippen LogP contribution in [0.4, 0.5) is 5.69 Å². The van der Waals surface area contributed by atoms with Crippen LogP contribution in [0.3, 0.4) is 0 Å². The molecule has 0 radical (unpaired) electrons. The molecule has 1 saturated heterocycles. The van der Waals surface area contributed by atoms with Crippen LogP contribution >= 0.6 is 0 Å². The van der Waals surface area contributed by atoms with Crippen LogP contribution in [-0.4, -0.2) is 35.8 Å². The number of hydrogen-bond donors (Lipinski definition) is 2. The molecule has 0 aromatic heterocycles. The molecular formula is C13H17N3O5. The number of amidine groups is 1. The third-order valence-corrected chi connectivity index (χ3v) is 3.37. The first-order valence-electron chi connectivity index (χ1n) is 6.58. The maximum atomic E-state index is 10.8. The van der Waals surface area contributed by atoms with Crippen LogP contribution in [0.1, 0.15) is 18.4 Å². The second kappa shape index (κ2) is 6.89. The molecule has 0 amide bonds. The van der Waals surface area contributed by atoms with Gasteiger partial charge in [0.25, 0.3) is 5.69 Å². The maximum Gasteiger partial charge on any atom is 0.270 e. The van der Waals surface area contributed by atoms with E-state index in [-0.39, 0.29) is 17.1 Å². The summed E-state index contributed by atoms with van der Waals surface area (Å²) in [7, 11) is 0. The average Bonchev–Trinajstić information content (AvgIpc) is 2.52. The predicted molar refractivity (Wildman–Crippen MR) is 74.6 cm³/mol. The zero-order valence-electron chi connectivity index (χ0n) is 11.4. The van der Waals surface area contributed by atoms with E-state index in [0.717, 1.165) is 12.8 Å². The summed E-state index contributed by atoms with van der Waals surface area (Å²) in [6, 6.07) is 4.02. The highest BCUT2D eigenvalue weighted by Gasteiger charge is 2.18. The molecule has 1 heterocycles. The van der Waals surface area contributed by atoms with Crippen LogP contribution in [-0.2, 0) is 4.74 Å². The molecule has 1 fully saturated rings. The Labute approximate surface area is 121 Å². The summed E-state index contributed by atoms with van der Waals surface area (Å²) in [5.74, 6) is 0.511. The van der Waals surface area contributed by atoms with Gasteiger partial charge in [0.05, 0.1) is 17.1 Å². The van der Waals surface area contributed by atoms with Gasteiger partial charge in [-0.15, -0.1) is 0 Å². The van der Waals surface area contributed by atoms with Crippen molar-refractivity contribution < 1.29 is 19.6 Å². The lowest BCUT2D eigenvalue weighted by atomic mass is 10.0. The van der Waals surface area contributed by atoms with Crippen molar-refractivity contribution >= 4 is 11.5 Å². The number of nitro groups is 1. The van der Waals surface area contributed by atoms with Crippen molar-refractivity contribution in [1.82, 2.24) is 0 Å². The lowest BCUT2D eigenvalue weighted by Gasteiger charge is -2.22. The topological polar surface area (TPSA) is 120 Å². The lowest BCUT2D eigenvalue weighted by Crippen LogP contribution is -2.22. The molecule has 1 aromatic rings. The summed E-state index contributed by atoms with van der Waals surface area (Å²) >= 11 is 0. The van der Waals surface area contributed by atoms with Crippen molar-refractivity contribution in [2.45, 2.75) is 12.8 Å². The molecule has 1 aliphatic rings. The molecule has 0 unspecified atom stereocenters. The largest absolute Gasteiger partial charge is 0.493 e. The van der Waals surface area contributed by atoms with Crippen LogP contribution in [0.15, 0.2) is 23.4 Å². The Morgan fingerprint density at radius 1 is 1.52 bits per heavy atom. The minimum absolute atomic E-state index is 0.144. The Morgan fingerprint density at radius 2 is 2.24 bits per heavy atom. The van der Waals surface area contributed by atoms with E-state index in [2.05, 4.69) is 5.16 Å². The minimum atomic E-state index is -0.545. The van der Waals surface area contributed by atoms with Gasteiger partial charge in [0, 0.05) is 25.3 Å².